The van der Waals surface area contributed by atoms with Crippen LogP contribution >= 0.6 is 11.6 Å². The van der Waals surface area contributed by atoms with E-state index in [1.54, 1.807) is 60.7 Å². The van der Waals surface area contributed by atoms with Crippen molar-refractivity contribution in [2.24, 2.45) is 5.10 Å². The predicted molar refractivity (Wildman–Crippen MR) is 127 cm³/mol. The van der Waals surface area contributed by atoms with Gasteiger partial charge in [-0.15, -0.1) is 0 Å². The standard InChI is InChI=1S/C24H20ClN3O6/c1-32-19-10-6-5-9-18(19)27-22(29)23(30)28-26-14-15-11-12-20(21(13-15)33-2)34-24(31)16-7-3-4-8-17(16)25/h3-14H,1-2H3,(H,27,29)(H,28,30)/b26-14-. The molecule has 0 radical (unpaired) electrons. The second-order valence-electron chi connectivity index (χ2n) is 6.63. The molecule has 0 saturated heterocycles. The third-order valence-electron chi connectivity index (χ3n) is 4.43. The number of halogens is 1. The Morgan fingerprint density at radius 1 is 0.853 bits per heavy atom. The normalized spacial score (nSPS) is 10.4. The van der Waals surface area contributed by atoms with Gasteiger partial charge in [0.05, 0.1) is 36.7 Å². The number of esters is 1. The van der Waals surface area contributed by atoms with Crippen LogP contribution < -0.4 is 25.0 Å². The minimum Gasteiger partial charge on any atom is -0.495 e. The third-order valence-corrected chi connectivity index (χ3v) is 4.75. The monoisotopic (exact) mass is 481 g/mol. The van der Waals surface area contributed by atoms with Gasteiger partial charge in [-0.05, 0) is 48.0 Å². The van der Waals surface area contributed by atoms with E-state index in [2.05, 4.69) is 15.8 Å². The molecule has 0 saturated carbocycles. The molecule has 0 atom stereocenters. The van der Waals surface area contributed by atoms with Crippen LogP contribution in [0.15, 0.2) is 71.8 Å². The van der Waals surface area contributed by atoms with E-state index in [0.717, 1.165) is 0 Å². The van der Waals surface area contributed by atoms with Crippen LogP contribution in [0.4, 0.5) is 5.69 Å². The summed E-state index contributed by atoms with van der Waals surface area (Å²) >= 11 is 6.03. The Labute approximate surface area is 200 Å². The summed E-state index contributed by atoms with van der Waals surface area (Å²) in [6.45, 7) is 0. The number of hydrazone groups is 1. The number of benzene rings is 3. The first-order chi connectivity index (χ1) is 16.4. The van der Waals surface area contributed by atoms with Crippen LogP contribution in [0.5, 0.6) is 17.2 Å². The molecule has 3 rings (SSSR count). The number of hydrogen-bond donors (Lipinski definition) is 2. The molecular formula is C24H20ClN3O6. The second-order valence-corrected chi connectivity index (χ2v) is 7.04. The lowest BCUT2D eigenvalue weighted by Gasteiger charge is -2.10. The van der Waals surface area contributed by atoms with E-state index >= 15 is 0 Å². The Morgan fingerprint density at radius 3 is 2.29 bits per heavy atom. The van der Waals surface area contributed by atoms with Crippen LogP contribution in [0, 0.1) is 0 Å². The fraction of sp³-hybridized carbons (Fsp3) is 0.0833. The highest BCUT2D eigenvalue weighted by molar-refractivity contribution is 6.39. The minimum atomic E-state index is -0.973. The average Bonchev–Trinajstić information content (AvgIpc) is 2.85. The molecular weight excluding hydrogens is 462 g/mol. The molecule has 0 spiro atoms. The van der Waals surface area contributed by atoms with Gasteiger partial charge in [0.15, 0.2) is 11.5 Å². The molecule has 0 heterocycles. The topological polar surface area (TPSA) is 115 Å². The van der Waals surface area contributed by atoms with E-state index in [0.29, 0.717) is 17.0 Å². The summed E-state index contributed by atoms with van der Waals surface area (Å²) in [7, 11) is 2.86. The number of rotatable bonds is 7. The van der Waals surface area contributed by atoms with E-state index in [1.165, 1.54) is 26.5 Å². The van der Waals surface area contributed by atoms with Crippen LogP contribution in [0.2, 0.25) is 5.02 Å². The van der Waals surface area contributed by atoms with E-state index in [4.69, 9.17) is 25.8 Å². The number of para-hydroxylation sites is 2. The molecule has 3 aromatic rings. The van der Waals surface area contributed by atoms with Gasteiger partial charge in [0, 0.05) is 0 Å². The van der Waals surface area contributed by atoms with Crippen LogP contribution in [0.25, 0.3) is 0 Å². The molecule has 2 N–H and O–H groups in total. The van der Waals surface area contributed by atoms with E-state index in [9.17, 15) is 14.4 Å². The van der Waals surface area contributed by atoms with Crippen molar-refractivity contribution in [2.75, 3.05) is 19.5 Å². The van der Waals surface area contributed by atoms with Crippen molar-refractivity contribution in [3.8, 4) is 17.2 Å². The molecule has 0 aromatic heterocycles. The molecule has 0 fully saturated rings. The summed E-state index contributed by atoms with van der Waals surface area (Å²) in [6.07, 6.45) is 1.30. The SMILES string of the molecule is COc1ccccc1NC(=O)C(=O)N/N=C\c1ccc(OC(=O)c2ccccc2Cl)c(OC)c1. The van der Waals surface area contributed by atoms with Gasteiger partial charge in [0.1, 0.15) is 5.75 Å². The molecule has 10 heteroatoms. The number of carbonyl (C=O) groups excluding carboxylic acids is 3. The van der Waals surface area contributed by atoms with Crippen molar-refractivity contribution >= 4 is 41.3 Å². The van der Waals surface area contributed by atoms with Gasteiger partial charge < -0.3 is 19.5 Å². The summed E-state index contributed by atoms with van der Waals surface area (Å²) in [4.78, 5) is 36.5. The van der Waals surface area contributed by atoms with Crippen LogP contribution in [0.1, 0.15) is 15.9 Å². The number of amides is 2. The van der Waals surface area contributed by atoms with Gasteiger partial charge in [0.2, 0.25) is 0 Å². The van der Waals surface area contributed by atoms with Crippen LogP contribution in [0.3, 0.4) is 0 Å². The molecule has 3 aromatic carbocycles. The lowest BCUT2D eigenvalue weighted by atomic mass is 10.2. The minimum absolute atomic E-state index is 0.171. The molecule has 0 aliphatic heterocycles. The van der Waals surface area contributed by atoms with Crippen LogP contribution in [-0.4, -0.2) is 38.2 Å². The van der Waals surface area contributed by atoms with Crippen molar-refractivity contribution in [2.45, 2.75) is 0 Å². The van der Waals surface area contributed by atoms with E-state index in [1.807, 2.05) is 0 Å². The number of carbonyl (C=O) groups is 3. The smallest absolute Gasteiger partial charge is 0.345 e. The fourth-order valence-corrected chi connectivity index (χ4v) is 2.99. The zero-order valence-corrected chi connectivity index (χ0v) is 19.0. The van der Waals surface area contributed by atoms with E-state index < -0.39 is 17.8 Å². The van der Waals surface area contributed by atoms with Crippen molar-refractivity contribution in [1.29, 1.82) is 0 Å². The molecule has 0 aliphatic rings. The van der Waals surface area contributed by atoms with Gasteiger partial charge in [0.25, 0.3) is 0 Å². The summed E-state index contributed by atoms with van der Waals surface area (Å²) in [5.74, 6) is -1.69. The largest absolute Gasteiger partial charge is 0.495 e. The van der Waals surface area contributed by atoms with Gasteiger partial charge in [-0.3, -0.25) is 9.59 Å². The molecule has 0 aliphatic carbocycles. The average molecular weight is 482 g/mol. The van der Waals surface area contributed by atoms with E-state index in [-0.39, 0.29) is 22.1 Å². The quantitative estimate of drug-likeness (QED) is 0.175. The first-order valence-electron chi connectivity index (χ1n) is 9.85. The molecule has 9 nitrogen and oxygen atoms in total. The summed E-state index contributed by atoms with van der Waals surface area (Å²) < 4.78 is 15.8. The highest BCUT2D eigenvalue weighted by Crippen LogP contribution is 2.29. The third kappa shape index (κ3) is 6.11. The lowest BCUT2D eigenvalue weighted by Crippen LogP contribution is -2.32. The number of hydrogen-bond acceptors (Lipinski definition) is 7. The zero-order valence-electron chi connectivity index (χ0n) is 18.2. The summed E-state index contributed by atoms with van der Waals surface area (Å²) in [6, 6.07) is 17.8. The molecule has 0 bridgehead atoms. The van der Waals surface area contributed by atoms with Crippen molar-refractivity contribution in [3.63, 3.8) is 0 Å². The Kier molecular flexibility index (Phi) is 8.20. The van der Waals surface area contributed by atoms with Gasteiger partial charge in [-0.1, -0.05) is 35.9 Å². The maximum absolute atomic E-state index is 12.4. The number of anilines is 1. The van der Waals surface area contributed by atoms with Gasteiger partial charge in [-0.25, -0.2) is 10.2 Å². The zero-order chi connectivity index (χ0) is 24.5. The predicted octanol–water partition coefficient (Wildman–Crippen LogP) is 3.67. The second kappa shape index (κ2) is 11.5. The number of methoxy groups -OCH3 is 2. The number of nitrogens with one attached hydrogen (secondary N) is 2. The van der Waals surface area contributed by atoms with Crippen LogP contribution in [-0.2, 0) is 9.59 Å². The maximum Gasteiger partial charge on any atom is 0.345 e. The van der Waals surface area contributed by atoms with Crippen molar-refractivity contribution in [3.05, 3.63) is 82.9 Å². The number of ether oxygens (including phenoxy) is 3. The maximum atomic E-state index is 12.4. The van der Waals surface area contributed by atoms with Crippen molar-refractivity contribution < 1.29 is 28.6 Å². The number of nitrogens with zero attached hydrogens (tertiary/aromatic N) is 1. The Morgan fingerprint density at radius 2 is 1.56 bits per heavy atom. The molecule has 2 amide bonds. The summed E-state index contributed by atoms with van der Waals surface area (Å²) in [5, 5.41) is 6.48. The summed E-state index contributed by atoms with van der Waals surface area (Å²) in [5.41, 5.74) is 3.21. The highest BCUT2D eigenvalue weighted by Gasteiger charge is 2.16. The van der Waals surface area contributed by atoms with Crippen molar-refractivity contribution in [1.82, 2.24) is 5.43 Å². The van der Waals surface area contributed by atoms with Gasteiger partial charge in [-0.2, -0.15) is 5.10 Å². The fourth-order valence-electron chi connectivity index (χ4n) is 2.77. The first-order valence-corrected chi connectivity index (χ1v) is 10.2. The molecule has 0 unspecified atom stereocenters. The molecule has 174 valence electrons. The Bertz CT molecular complexity index is 1240. The highest BCUT2D eigenvalue weighted by atomic mass is 35.5. The Balaban J connectivity index is 1.62. The first kappa shape index (κ1) is 24.3. The molecule has 34 heavy (non-hydrogen) atoms. The lowest BCUT2D eigenvalue weighted by molar-refractivity contribution is -0.136. The van der Waals surface area contributed by atoms with Gasteiger partial charge >= 0.3 is 17.8 Å². The Hall–Kier alpha value is -4.37.